The van der Waals surface area contributed by atoms with E-state index in [9.17, 15) is 4.79 Å². The van der Waals surface area contributed by atoms with Crippen molar-refractivity contribution in [2.24, 2.45) is 7.05 Å². The Hall–Kier alpha value is -2.89. The van der Waals surface area contributed by atoms with Crippen LogP contribution in [0.25, 0.3) is 11.6 Å². The summed E-state index contributed by atoms with van der Waals surface area (Å²) < 4.78 is 7.92. The first-order valence-corrected chi connectivity index (χ1v) is 8.53. The van der Waals surface area contributed by atoms with E-state index in [-0.39, 0.29) is 11.9 Å². The molecule has 128 valence electrons. The van der Waals surface area contributed by atoms with E-state index < -0.39 is 0 Å². The van der Waals surface area contributed by atoms with Crippen molar-refractivity contribution in [1.29, 1.82) is 0 Å². The predicted molar refractivity (Wildman–Crippen MR) is 92.6 cm³/mol. The van der Waals surface area contributed by atoms with Gasteiger partial charge in [-0.2, -0.15) is 0 Å². The highest BCUT2D eigenvalue weighted by molar-refractivity contribution is 5.77. The predicted octanol–water partition coefficient (Wildman–Crippen LogP) is 3.18. The van der Waals surface area contributed by atoms with Crippen molar-refractivity contribution in [3.63, 3.8) is 0 Å². The van der Waals surface area contributed by atoms with Crippen LogP contribution in [-0.4, -0.2) is 32.1 Å². The SMILES string of the molecule is Cn1cccc1-c1nnc(C(c2ccccc2)N2CCCCC2=O)o1. The fraction of sp³-hybridized carbons (Fsp3) is 0.316. The first-order chi connectivity index (χ1) is 12.2. The van der Waals surface area contributed by atoms with Gasteiger partial charge in [0.2, 0.25) is 11.8 Å². The van der Waals surface area contributed by atoms with Gasteiger partial charge in [0.05, 0.1) is 0 Å². The van der Waals surface area contributed by atoms with Gasteiger partial charge in [-0.3, -0.25) is 4.79 Å². The Bertz CT molecular complexity index is 868. The molecule has 0 spiro atoms. The number of carbonyl (C=O) groups excluding carboxylic acids is 1. The van der Waals surface area contributed by atoms with Crippen LogP contribution < -0.4 is 0 Å². The Morgan fingerprint density at radius 2 is 1.92 bits per heavy atom. The fourth-order valence-electron chi connectivity index (χ4n) is 3.32. The summed E-state index contributed by atoms with van der Waals surface area (Å²) in [4.78, 5) is 14.4. The van der Waals surface area contributed by atoms with Crippen molar-refractivity contribution in [2.75, 3.05) is 6.54 Å². The summed E-state index contributed by atoms with van der Waals surface area (Å²) in [5, 5.41) is 8.49. The molecule has 3 aromatic rings. The summed E-state index contributed by atoms with van der Waals surface area (Å²) in [5.41, 5.74) is 1.84. The quantitative estimate of drug-likeness (QED) is 0.734. The molecule has 0 radical (unpaired) electrons. The number of carbonyl (C=O) groups is 1. The second-order valence-electron chi connectivity index (χ2n) is 6.31. The van der Waals surface area contributed by atoms with E-state index in [2.05, 4.69) is 10.2 Å². The zero-order valence-corrected chi connectivity index (χ0v) is 14.1. The van der Waals surface area contributed by atoms with Crippen LogP contribution in [0.3, 0.4) is 0 Å². The summed E-state index contributed by atoms with van der Waals surface area (Å²) in [6.07, 6.45) is 4.44. The van der Waals surface area contributed by atoms with Crippen LogP contribution in [0.2, 0.25) is 0 Å². The normalized spacial score (nSPS) is 16.2. The highest BCUT2D eigenvalue weighted by Crippen LogP contribution is 2.32. The van der Waals surface area contributed by atoms with Crippen LogP contribution in [0.1, 0.15) is 36.8 Å². The third-order valence-electron chi connectivity index (χ3n) is 4.62. The summed E-state index contributed by atoms with van der Waals surface area (Å²) in [6, 6.07) is 13.4. The Labute approximate surface area is 146 Å². The molecule has 1 aliphatic heterocycles. The van der Waals surface area contributed by atoms with Crippen molar-refractivity contribution in [3.8, 4) is 11.6 Å². The average Bonchev–Trinajstić information content (AvgIpc) is 3.27. The largest absolute Gasteiger partial charge is 0.417 e. The van der Waals surface area contributed by atoms with Crippen molar-refractivity contribution < 1.29 is 9.21 Å². The van der Waals surface area contributed by atoms with Crippen LogP contribution in [0.15, 0.2) is 53.1 Å². The van der Waals surface area contributed by atoms with Gasteiger partial charge in [-0.05, 0) is 30.5 Å². The molecule has 2 aromatic heterocycles. The molecule has 1 fully saturated rings. The Morgan fingerprint density at radius 1 is 1.08 bits per heavy atom. The standard InChI is InChI=1S/C19H20N4O2/c1-22-12-7-10-15(22)18-20-21-19(25-18)17(14-8-3-2-4-9-14)23-13-6-5-11-16(23)24/h2-4,7-10,12,17H,5-6,11,13H2,1H3. The number of benzene rings is 1. The van der Waals surface area contributed by atoms with Crippen molar-refractivity contribution >= 4 is 5.91 Å². The maximum Gasteiger partial charge on any atom is 0.264 e. The number of amides is 1. The number of hydrogen-bond acceptors (Lipinski definition) is 4. The summed E-state index contributed by atoms with van der Waals surface area (Å²) in [7, 11) is 1.93. The first-order valence-electron chi connectivity index (χ1n) is 8.53. The molecule has 1 amide bonds. The lowest BCUT2D eigenvalue weighted by Gasteiger charge is -2.32. The van der Waals surface area contributed by atoms with E-state index in [1.54, 1.807) is 0 Å². The van der Waals surface area contributed by atoms with E-state index in [0.717, 1.165) is 24.1 Å². The number of hydrogen-bond donors (Lipinski definition) is 0. The van der Waals surface area contributed by atoms with E-state index >= 15 is 0 Å². The Balaban J connectivity index is 1.75. The monoisotopic (exact) mass is 336 g/mol. The maximum atomic E-state index is 12.5. The topological polar surface area (TPSA) is 64.2 Å². The van der Waals surface area contributed by atoms with E-state index in [0.29, 0.717) is 24.7 Å². The van der Waals surface area contributed by atoms with Gasteiger partial charge in [-0.25, -0.2) is 0 Å². The van der Waals surface area contributed by atoms with Crippen LogP contribution in [0.4, 0.5) is 0 Å². The average molecular weight is 336 g/mol. The molecular weight excluding hydrogens is 316 g/mol. The van der Waals surface area contributed by atoms with Crippen LogP contribution >= 0.6 is 0 Å². The molecular formula is C19H20N4O2. The molecule has 1 saturated heterocycles. The molecule has 1 aliphatic rings. The molecule has 1 atom stereocenters. The number of nitrogens with zero attached hydrogens (tertiary/aromatic N) is 4. The third-order valence-corrected chi connectivity index (χ3v) is 4.62. The number of rotatable bonds is 4. The van der Waals surface area contributed by atoms with E-state index in [4.69, 9.17) is 4.42 Å². The smallest absolute Gasteiger partial charge is 0.264 e. The van der Waals surface area contributed by atoms with Crippen LogP contribution in [-0.2, 0) is 11.8 Å². The zero-order valence-electron chi connectivity index (χ0n) is 14.1. The Kier molecular flexibility index (Phi) is 4.09. The minimum absolute atomic E-state index is 0.138. The Morgan fingerprint density at radius 3 is 2.64 bits per heavy atom. The molecule has 0 saturated carbocycles. The van der Waals surface area contributed by atoms with Crippen LogP contribution in [0.5, 0.6) is 0 Å². The van der Waals surface area contributed by atoms with Gasteiger partial charge >= 0.3 is 0 Å². The molecule has 25 heavy (non-hydrogen) atoms. The minimum atomic E-state index is -0.337. The highest BCUT2D eigenvalue weighted by atomic mass is 16.4. The molecule has 4 rings (SSSR count). The first kappa shape index (κ1) is 15.6. The van der Waals surface area contributed by atoms with Crippen LogP contribution in [0, 0.1) is 0 Å². The van der Waals surface area contributed by atoms with Gasteiger partial charge in [0, 0.05) is 26.2 Å². The van der Waals surface area contributed by atoms with Gasteiger partial charge in [-0.1, -0.05) is 30.3 Å². The number of piperidine rings is 1. The third kappa shape index (κ3) is 2.95. The molecule has 6 nitrogen and oxygen atoms in total. The molecule has 6 heteroatoms. The molecule has 1 unspecified atom stereocenters. The van der Waals surface area contributed by atoms with E-state index in [1.807, 2.05) is 65.2 Å². The molecule has 0 N–H and O–H groups in total. The summed E-state index contributed by atoms with van der Waals surface area (Å²) >= 11 is 0. The highest BCUT2D eigenvalue weighted by Gasteiger charge is 2.32. The van der Waals surface area contributed by atoms with Gasteiger partial charge in [0.1, 0.15) is 11.7 Å². The molecule has 0 bridgehead atoms. The fourth-order valence-corrected chi connectivity index (χ4v) is 3.32. The second-order valence-corrected chi connectivity index (χ2v) is 6.31. The second kappa shape index (κ2) is 6.55. The zero-order chi connectivity index (χ0) is 17.2. The van der Waals surface area contributed by atoms with Gasteiger partial charge in [0.15, 0.2) is 0 Å². The minimum Gasteiger partial charge on any atom is -0.417 e. The van der Waals surface area contributed by atoms with Crippen molar-refractivity contribution in [3.05, 3.63) is 60.1 Å². The summed E-state index contributed by atoms with van der Waals surface area (Å²) in [5.74, 6) is 1.06. The van der Waals surface area contributed by atoms with E-state index in [1.165, 1.54) is 0 Å². The summed E-state index contributed by atoms with van der Waals surface area (Å²) in [6.45, 7) is 0.709. The lowest BCUT2D eigenvalue weighted by Crippen LogP contribution is -2.39. The molecule has 3 heterocycles. The maximum absolute atomic E-state index is 12.5. The van der Waals surface area contributed by atoms with Gasteiger partial charge in [0.25, 0.3) is 5.89 Å². The lowest BCUT2D eigenvalue weighted by molar-refractivity contribution is -0.135. The van der Waals surface area contributed by atoms with Crippen molar-refractivity contribution in [2.45, 2.75) is 25.3 Å². The number of likely N-dealkylation sites (tertiary alicyclic amines) is 1. The molecule has 1 aromatic carbocycles. The van der Waals surface area contributed by atoms with Gasteiger partial charge < -0.3 is 13.9 Å². The number of aryl methyl sites for hydroxylation is 1. The van der Waals surface area contributed by atoms with Crippen molar-refractivity contribution in [1.82, 2.24) is 19.7 Å². The lowest BCUT2D eigenvalue weighted by atomic mass is 10.0. The number of aromatic nitrogens is 3. The van der Waals surface area contributed by atoms with Gasteiger partial charge in [-0.15, -0.1) is 10.2 Å². The molecule has 0 aliphatic carbocycles.